The van der Waals surface area contributed by atoms with E-state index in [1.807, 2.05) is 48.5 Å². The number of benzene rings is 3. The zero-order valence-corrected chi connectivity index (χ0v) is 19.5. The molecule has 0 aliphatic rings. The first kappa shape index (κ1) is 22.7. The highest BCUT2D eigenvalue weighted by Crippen LogP contribution is 2.26. The lowest BCUT2D eigenvalue weighted by Crippen LogP contribution is -2.24. The molecule has 0 atom stereocenters. The Balaban J connectivity index is 1.46. The number of amides is 2. The van der Waals surface area contributed by atoms with E-state index >= 15 is 0 Å². The van der Waals surface area contributed by atoms with Gasteiger partial charge in [0, 0.05) is 10.2 Å². The second-order valence-electron chi connectivity index (χ2n) is 6.49. The highest BCUT2D eigenvalue weighted by Gasteiger charge is 2.09. The molecule has 3 aromatic rings. The number of nitrogens with zero attached hydrogens (tertiary/aromatic N) is 1. The van der Waals surface area contributed by atoms with Crippen LogP contribution >= 0.6 is 31.9 Å². The van der Waals surface area contributed by atoms with Gasteiger partial charge in [0.2, 0.25) is 11.8 Å². The van der Waals surface area contributed by atoms with Crippen molar-refractivity contribution in [3.63, 3.8) is 0 Å². The van der Waals surface area contributed by atoms with Crippen molar-refractivity contribution in [3.8, 4) is 5.75 Å². The molecule has 0 fully saturated rings. The van der Waals surface area contributed by atoms with Gasteiger partial charge in [0.1, 0.15) is 18.8 Å². The number of carbonyl (C=O) groups excluding carboxylic acids is 2. The van der Waals surface area contributed by atoms with E-state index in [0.29, 0.717) is 18.0 Å². The van der Waals surface area contributed by atoms with Crippen LogP contribution in [0.5, 0.6) is 5.75 Å². The summed E-state index contributed by atoms with van der Waals surface area (Å²) < 4.78 is 7.62. The number of hydrogen-bond donors (Lipinski definition) is 2. The molecular formula is C23H19Br2N3O3. The molecule has 3 aromatic carbocycles. The maximum Gasteiger partial charge on any atom is 0.249 e. The topological polar surface area (TPSA) is 79.8 Å². The first-order chi connectivity index (χ1) is 15.0. The number of para-hydroxylation sites is 1. The summed E-state index contributed by atoms with van der Waals surface area (Å²) in [7, 11) is 0. The Morgan fingerprint density at radius 3 is 2.39 bits per heavy atom. The van der Waals surface area contributed by atoms with E-state index in [1.165, 1.54) is 6.21 Å². The van der Waals surface area contributed by atoms with E-state index in [0.717, 1.165) is 20.1 Å². The van der Waals surface area contributed by atoms with Gasteiger partial charge >= 0.3 is 0 Å². The van der Waals surface area contributed by atoms with Crippen molar-refractivity contribution in [1.82, 2.24) is 5.43 Å². The van der Waals surface area contributed by atoms with Gasteiger partial charge in [-0.1, -0.05) is 46.3 Å². The second-order valence-corrected chi connectivity index (χ2v) is 8.26. The average molecular weight is 545 g/mol. The predicted molar refractivity (Wildman–Crippen MR) is 128 cm³/mol. The van der Waals surface area contributed by atoms with Crippen LogP contribution in [0, 0.1) is 0 Å². The summed E-state index contributed by atoms with van der Waals surface area (Å²) in [5, 5.41) is 6.55. The number of hydrazone groups is 1. The third kappa shape index (κ3) is 7.66. The van der Waals surface area contributed by atoms with E-state index in [1.54, 1.807) is 24.3 Å². The van der Waals surface area contributed by atoms with Crippen molar-refractivity contribution in [3.05, 3.63) is 92.9 Å². The summed E-state index contributed by atoms with van der Waals surface area (Å²) in [5.74, 6) is -0.214. The van der Waals surface area contributed by atoms with Crippen LogP contribution < -0.4 is 15.5 Å². The molecular weight excluding hydrogens is 526 g/mol. The van der Waals surface area contributed by atoms with Gasteiger partial charge in [-0.2, -0.15) is 5.10 Å². The lowest BCUT2D eigenvalue weighted by Gasteiger charge is -2.09. The highest BCUT2D eigenvalue weighted by molar-refractivity contribution is 9.10. The minimum atomic E-state index is -0.502. The van der Waals surface area contributed by atoms with Gasteiger partial charge in [-0.15, -0.1) is 0 Å². The van der Waals surface area contributed by atoms with Crippen LogP contribution in [0.4, 0.5) is 5.69 Å². The van der Waals surface area contributed by atoms with Gasteiger partial charge in [-0.05, 0) is 69.5 Å². The van der Waals surface area contributed by atoms with Gasteiger partial charge in [0.15, 0.2) is 0 Å². The largest absolute Gasteiger partial charge is 0.488 e. The Labute approximate surface area is 197 Å². The summed E-state index contributed by atoms with van der Waals surface area (Å²) in [5.41, 5.74) is 4.80. The Morgan fingerprint density at radius 2 is 1.68 bits per heavy atom. The standard InChI is InChI=1S/C23H19Br2N3O3/c24-18-9-6-16(7-10-18)15-31-21-11-8-17(12-20(21)25)14-26-28-23(30)13-22(29)27-19-4-2-1-3-5-19/h1-12,14H,13,15H2,(H,27,29)(H,28,30). The number of halogens is 2. The number of nitrogens with one attached hydrogen (secondary N) is 2. The van der Waals surface area contributed by atoms with Crippen LogP contribution in [0.1, 0.15) is 17.5 Å². The molecule has 3 rings (SSSR count). The van der Waals surface area contributed by atoms with E-state index in [9.17, 15) is 9.59 Å². The summed E-state index contributed by atoms with van der Waals surface area (Å²) in [6.45, 7) is 0.445. The number of carbonyl (C=O) groups is 2. The molecule has 0 spiro atoms. The van der Waals surface area contributed by atoms with Crippen molar-refractivity contribution in [2.75, 3.05) is 5.32 Å². The molecule has 2 amide bonds. The molecule has 0 unspecified atom stereocenters. The second kappa shape index (κ2) is 11.4. The third-order valence-electron chi connectivity index (χ3n) is 4.05. The molecule has 0 saturated heterocycles. The smallest absolute Gasteiger partial charge is 0.249 e. The maximum absolute atomic E-state index is 11.9. The van der Waals surface area contributed by atoms with Gasteiger partial charge in [-0.25, -0.2) is 5.43 Å². The van der Waals surface area contributed by atoms with E-state index in [2.05, 4.69) is 47.7 Å². The molecule has 0 bridgehead atoms. The molecule has 0 aromatic heterocycles. The van der Waals surface area contributed by atoms with E-state index in [4.69, 9.17) is 4.74 Å². The van der Waals surface area contributed by atoms with Crippen LogP contribution in [0.2, 0.25) is 0 Å². The first-order valence-corrected chi connectivity index (χ1v) is 10.9. The molecule has 8 heteroatoms. The van der Waals surface area contributed by atoms with Gasteiger partial charge in [0.25, 0.3) is 0 Å². The highest BCUT2D eigenvalue weighted by atomic mass is 79.9. The van der Waals surface area contributed by atoms with Crippen molar-refractivity contribution < 1.29 is 14.3 Å². The molecule has 0 aliphatic heterocycles. The Kier molecular flexibility index (Phi) is 8.37. The Morgan fingerprint density at radius 1 is 0.935 bits per heavy atom. The Hall–Kier alpha value is -2.97. The molecule has 2 N–H and O–H groups in total. The van der Waals surface area contributed by atoms with E-state index in [-0.39, 0.29) is 6.42 Å². The minimum absolute atomic E-state index is 0.321. The molecule has 0 saturated carbocycles. The number of ether oxygens (including phenoxy) is 1. The van der Waals surface area contributed by atoms with Crippen LogP contribution in [-0.2, 0) is 16.2 Å². The lowest BCUT2D eigenvalue weighted by atomic mass is 10.2. The first-order valence-electron chi connectivity index (χ1n) is 9.33. The van der Waals surface area contributed by atoms with Crippen molar-refractivity contribution in [2.24, 2.45) is 5.10 Å². The fraction of sp³-hybridized carbons (Fsp3) is 0.0870. The van der Waals surface area contributed by atoms with Gasteiger partial charge in [-0.3, -0.25) is 9.59 Å². The number of hydrogen-bond acceptors (Lipinski definition) is 4. The SMILES string of the molecule is O=C(CC(=O)Nc1ccccc1)NN=Cc1ccc(OCc2ccc(Br)cc2)c(Br)c1. The minimum Gasteiger partial charge on any atom is -0.488 e. The number of rotatable bonds is 8. The fourth-order valence-corrected chi connectivity index (χ4v) is 3.32. The van der Waals surface area contributed by atoms with Crippen LogP contribution in [0.3, 0.4) is 0 Å². The molecule has 31 heavy (non-hydrogen) atoms. The van der Waals surface area contributed by atoms with Gasteiger partial charge < -0.3 is 10.1 Å². The summed E-state index contributed by atoms with van der Waals surface area (Å²) in [6, 6.07) is 22.3. The fourth-order valence-electron chi connectivity index (χ4n) is 2.55. The summed E-state index contributed by atoms with van der Waals surface area (Å²) in [4.78, 5) is 23.8. The summed E-state index contributed by atoms with van der Waals surface area (Å²) >= 11 is 6.89. The van der Waals surface area contributed by atoms with Gasteiger partial charge in [0.05, 0.1) is 10.7 Å². The summed E-state index contributed by atoms with van der Waals surface area (Å²) in [6.07, 6.45) is 1.18. The van der Waals surface area contributed by atoms with Crippen LogP contribution in [-0.4, -0.2) is 18.0 Å². The quantitative estimate of drug-likeness (QED) is 0.230. The lowest BCUT2D eigenvalue weighted by molar-refractivity contribution is -0.126. The average Bonchev–Trinajstić information content (AvgIpc) is 2.75. The van der Waals surface area contributed by atoms with E-state index < -0.39 is 11.8 Å². The maximum atomic E-state index is 11.9. The van der Waals surface area contributed by atoms with Crippen molar-refractivity contribution in [1.29, 1.82) is 0 Å². The Bertz CT molecular complexity index is 1070. The molecule has 158 valence electrons. The zero-order chi connectivity index (χ0) is 22.1. The third-order valence-corrected chi connectivity index (χ3v) is 5.19. The monoisotopic (exact) mass is 543 g/mol. The zero-order valence-electron chi connectivity index (χ0n) is 16.3. The van der Waals surface area contributed by atoms with Crippen LogP contribution in [0.25, 0.3) is 0 Å². The van der Waals surface area contributed by atoms with Crippen LogP contribution in [0.15, 0.2) is 86.8 Å². The normalized spacial score (nSPS) is 10.6. The molecule has 6 nitrogen and oxygen atoms in total. The molecule has 0 aliphatic carbocycles. The van der Waals surface area contributed by atoms with Crippen molar-refractivity contribution >= 4 is 55.6 Å². The molecule has 0 radical (unpaired) electrons. The predicted octanol–water partition coefficient (Wildman–Crippen LogP) is 5.27. The van der Waals surface area contributed by atoms with Crippen molar-refractivity contribution in [2.45, 2.75) is 13.0 Å². The molecule has 0 heterocycles. The number of anilines is 1.